The number of urea groups is 1. The minimum Gasteiger partial charge on any atom is -0.492 e. The summed E-state index contributed by atoms with van der Waals surface area (Å²) in [6.07, 6.45) is 0.782. The summed E-state index contributed by atoms with van der Waals surface area (Å²) in [6.45, 7) is 3.60. The Morgan fingerprint density at radius 2 is 2.00 bits per heavy atom. The number of nitrogens with zero attached hydrogens (tertiary/aromatic N) is 5. The highest BCUT2D eigenvalue weighted by Crippen LogP contribution is 2.45. The first-order chi connectivity index (χ1) is 19.8. The van der Waals surface area contributed by atoms with Crippen molar-refractivity contribution in [3.05, 3.63) is 29.3 Å². The maximum absolute atomic E-state index is 13.6. The molecule has 2 fully saturated rings. The molecule has 5 aliphatic heterocycles. The van der Waals surface area contributed by atoms with Crippen LogP contribution in [0, 0.1) is 0 Å². The van der Waals surface area contributed by atoms with E-state index in [0.717, 1.165) is 16.9 Å². The van der Waals surface area contributed by atoms with Crippen LogP contribution in [0.4, 0.5) is 4.79 Å². The number of nitrogens with one attached hydrogen (secondary N) is 2. The van der Waals surface area contributed by atoms with Gasteiger partial charge in [0.2, 0.25) is 11.7 Å². The van der Waals surface area contributed by atoms with Crippen LogP contribution in [0.5, 0.6) is 5.75 Å². The van der Waals surface area contributed by atoms with Gasteiger partial charge in [-0.05, 0) is 17.9 Å². The Hall–Kier alpha value is -4.15. The first-order valence-corrected chi connectivity index (χ1v) is 13.8. The Labute approximate surface area is 241 Å². The van der Waals surface area contributed by atoms with Gasteiger partial charge in [-0.2, -0.15) is 0 Å². The smallest absolute Gasteiger partial charge is 0.327 e. The maximum Gasteiger partial charge on any atom is 0.327 e. The molecule has 1 aromatic carbocycles. The number of carbonyl (C=O) groups excluding carboxylic acids is 3. The standard InChI is InChI=1S/C26H35N9O7/c1-24(2)6-9-42-18-13(4-3-5-14(18)24)20(38)30-16-11-35-22(28)29-15(10-34-17(37)12-33(7-8-36)23(34)39)19-25(35,26(16,40)41)32-21(27)31-19/h3-5,15-16,19,36,40-41H,6-12H2,1-2H3,(H2,28,29)(H,30,38)(H3,27,31,32)/t15-,16?,19?,25?/m0/s1. The van der Waals surface area contributed by atoms with E-state index in [1.54, 1.807) is 12.1 Å². The van der Waals surface area contributed by atoms with Gasteiger partial charge in [0.05, 0.1) is 31.4 Å². The SMILES string of the molecule is CC1(C)CCOc2c(C(=O)NC3CN4C(N)=N[C@@H](CN5C(=O)CN(CCO)C5=O)C5N=C(N)NC54C3(O)O)cccc21. The largest absolute Gasteiger partial charge is 0.492 e. The predicted molar refractivity (Wildman–Crippen MR) is 147 cm³/mol. The second-order valence-electron chi connectivity index (χ2n) is 11.9. The fourth-order valence-electron chi connectivity index (χ4n) is 6.67. The summed E-state index contributed by atoms with van der Waals surface area (Å²) < 4.78 is 5.88. The molecule has 4 amide bonds. The van der Waals surface area contributed by atoms with Crippen LogP contribution >= 0.6 is 0 Å². The monoisotopic (exact) mass is 585 g/mol. The van der Waals surface area contributed by atoms with E-state index in [-0.39, 0.29) is 55.7 Å². The Morgan fingerprint density at radius 3 is 2.74 bits per heavy atom. The molecule has 1 aromatic rings. The third-order valence-corrected chi connectivity index (χ3v) is 8.94. The quantitative estimate of drug-likeness (QED) is 0.130. The molecule has 0 radical (unpaired) electrons. The number of imide groups is 1. The molecule has 42 heavy (non-hydrogen) atoms. The van der Waals surface area contributed by atoms with Crippen LogP contribution in [-0.4, -0.2) is 129 Å². The number of β-amino-alcohol motifs (C(OH)–C–C–N with tert-alkyl or cyclic N) is 1. The highest BCUT2D eigenvalue weighted by molar-refractivity contribution is 6.02. The number of guanidine groups is 2. The molecule has 226 valence electrons. The highest BCUT2D eigenvalue weighted by Gasteiger charge is 2.73. The average Bonchev–Trinajstić information content (AvgIpc) is 3.49. The van der Waals surface area contributed by atoms with Crippen LogP contribution in [-0.2, 0) is 10.2 Å². The molecule has 4 atom stereocenters. The predicted octanol–water partition coefficient (Wildman–Crippen LogP) is -3.22. The summed E-state index contributed by atoms with van der Waals surface area (Å²) in [6, 6.07) is 1.26. The lowest BCUT2D eigenvalue weighted by molar-refractivity contribution is -0.230. The second-order valence-corrected chi connectivity index (χ2v) is 11.9. The van der Waals surface area contributed by atoms with E-state index in [1.807, 2.05) is 6.07 Å². The number of rotatable bonds is 6. The molecule has 0 aliphatic carbocycles. The summed E-state index contributed by atoms with van der Waals surface area (Å²) in [5.41, 5.74) is 11.4. The molecule has 16 nitrogen and oxygen atoms in total. The zero-order valence-electron chi connectivity index (χ0n) is 23.3. The zero-order valence-corrected chi connectivity index (χ0v) is 23.3. The van der Waals surface area contributed by atoms with Crippen molar-refractivity contribution in [3.63, 3.8) is 0 Å². The number of nitrogens with two attached hydrogens (primary N) is 2. The lowest BCUT2D eigenvalue weighted by Gasteiger charge is -2.49. The molecule has 5 heterocycles. The topological polar surface area (TPSA) is 232 Å². The Morgan fingerprint density at radius 1 is 1.24 bits per heavy atom. The van der Waals surface area contributed by atoms with Gasteiger partial charge in [0.1, 0.15) is 24.4 Å². The lowest BCUT2D eigenvalue weighted by atomic mass is 9.79. The van der Waals surface area contributed by atoms with Crippen LogP contribution in [0.2, 0.25) is 0 Å². The number of aliphatic imine (C=N–C) groups is 2. The van der Waals surface area contributed by atoms with Gasteiger partial charge in [-0.3, -0.25) is 14.5 Å². The Bertz CT molecular complexity index is 1410. The summed E-state index contributed by atoms with van der Waals surface area (Å²) in [5, 5.41) is 38.3. The number of hydrogen-bond acceptors (Lipinski definition) is 13. The molecule has 2 saturated heterocycles. The van der Waals surface area contributed by atoms with E-state index >= 15 is 0 Å². The molecule has 6 rings (SSSR count). The Kier molecular flexibility index (Phi) is 6.29. The molecule has 0 bridgehead atoms. The van der Waals surface area contributed by atoms with E-state index < -0.39 is 47.4 Å². The van der Waals surface area contributed by atoms with Gasteiger partial charge in [0.25, 0.3) is 5.91 Å². The average molecular weight is 586 g/mol. The van der Waals surface area contributed by atoms with Crippen LogP contribution in [0.15, 0.2) is 28.2 Å². The number of hydrogen-bond donors (Lipinski definition) is 7. The third kappa shape index (κ3) is 3.89. The van der Waals surface area contributed by atoms with Gasteiger partial charge in [0, 0.05) is 18.7 Å². The third-order valence-electron chi connectivity index (χ3n) is 8.94. The fourth-order valence-corrected chi connectivity index (χ4v) is 6.67. The molecule has 0 aromatic heterocycles. The van der Waals surface area contributed by atoms with Crippen LogP contribution in [0.25, 0.3) is 0 Å². The molecule has 16 heteroatoms. The van der Waals surface area contributed by atoms with Crippen LogP contribution in [0.3, 0.4) is 0 Å². The van der Waals surface area contributed by atoms with Crippen molar-refractivity contribution in [2.24, 2.45) is 21.5 Å². The van der Waals surface area contributed by atoms with Crippen molar-refractivity contribution in [2.75, 3.05) is 39.4 Å². The molecule has 0 saturated carbocycles. The number of ether oxygens (including phenoxy) is 1. The van der Waals surface area contributed by atoms with Crippen LogP contribution in [0.1, 0.15) is 36.2 Å². The lowest BCUT2D eigenvalue weighted by Crippen LogP contribution is -2.78. The van der Waals surface area contributed by atoms with Crippen molar-refractivity contribution in [2.45, 2.75) is 55.3 Å². The van der Waals surface area contributed by atoms with E-state index in [9.17, 15) is 29.7 Å². The van der Waals surface area contributed by atoms with Gasteiger partial charge in [0.15, 0.2) is 17.6 Å². The number of benzene rings is 1. The van der Waals surface area contributed by atoms with Crippen molar-refractivity contribution < 1.29 is 34.4 Å². The van der Waals surface area contributed by atoms with Gasteiger partial charge in [-0.25, -0.2) is 14.8 Å². The number of para-hydroxylation sites is 1. The molecule has 9 N–H and O–H groups in total. The van der Waals surface area contributed by atoms with Crippen molar-refractivity contribution in [1.29, 1.82) is 0 Å². The number of amides is 4. The normalized spacial score (nSPS) is 30.6. The van der Waals surface area contributed by atoms with Crippen molar-refractivity contribution >= 4 is 29.8 Å². The number of fused-ring (bicyclic) bond motifs is 1. The number of carbonyl (C=O) groups is 3. The van der Waals surface area contributed by atoms with E-state index in [0.29, 0.717) is 12.4 Å². The first-order valence-electron chi connectivity index (χ1n) is 13.8. The van der Waals surface area contributed by atoms with Crippen LogP contribution < -0.4 is 26.8 Å². The zero-order chi connectivity index (χ0) is 30.2. The van der Waals surface area contributed by atoms with E-state index in [2.05, 4.69) is 34.5 Å². The molecule has 3 unspecified atom stereocenters. The summed E-state index contributed by atoms with van der Waals surface area (Å²) in [5.74, 6) is -3.59. The maximum atomic E-state index is 13.6. The van der Waals surface area contributed by atoms with Gasteiger partial charge < -0.3 is 52.0 Å². The van der Waals surface area contributed by atoms with Gasteiger partial charge in [-0.1, -0.05) is 26.0 Å². The van der Waals surface area contributed by atoms with E-state index in [1.165, 1.54) is 9.80 Å². The van der Waals surface area contributed by atoms with Crippen molar-refractivity contribution in [3.8, 4) is 5.75 Å². The summed E-state index contributed by atoms with van der Waals surface area (Å²) in [7, 11) is 0. The summed E-state index contributed by atoms with van der Waals surface area (Å²) in [4.78, 5) is 51.4. The van der Waals surface area contributed by atoms with Gasteiger partial charge in [-0.15, -0.1) is 0 Å². The second kappa shape index (κ2) is 9.43. The first kappa shape index (κ1) is 28.0. The molecular formula is C26H35N9O7. The number of aliphatic hydroxyl groups excluding tert-OH is 1. The molecule has 5 aliphatic rings. The van der Waals surface area contributed by atoms with Gasteiger partial charge >= 0.3 is 6.03 Å². The molecule has 1 spiro atoms. The minimum absolute atomic E-state index is 0.0180. The fraction of sp³-hybridized carbons (Fsp3) is 0.577. The summed E-state index contributed by atoms with van der Waals surface area (Å²) >= 11 is 0. The Balaban J connectivity index is 1.29. The highest BCUT2D eigenvalue weighted by atomic mass is 16.5. The molecular weight excluding hydrogens is 550 g/mol. The van der Waals surface area contributed by atoms with E-state index in [4.69, 9.17) is 16.2 Å². The van der Waals surface area contributed by atoms with Crippen molar-refractivity contribution in [1.82, 2.24) is 25.3 Å². The minimum atomic E-state index is -2.70. The number of aliphatic hydroxyl groups is 3.